The highest BCUT2D eigenvalue weighted by Gasteiger charge is 2.01. The molecule has 0 saturated carbocycles. The second-order valence-electron chi connectivity index (χ2n) is 4.37. The number of anilines is 1. The van der Waals surface area contributed by atoms with E-state index in [4.69, 9.17) is 12.2 Å². The van der Waals surface area contributed by atoms with E-state index in [2.05, 4.69) is 46.9 Å². The molecule has 100 valence electrons. The van der Waals surface area contributed by atoms with Crippen LogP contribution in [0.5, 0.6) is 0 Å². The highest BCUT2D eigenvalue weighted by molar-refractivity contribution is 7.80. The number of aromatic nitrogens is 2. The van der Waals surface area contributed by atoms with E-state index in [1.165, 1.54) is 11.1 Å². The zero-order valence-corrected chi connectivity index (χ0v) is 12.0. The van der Waals surface area contributed by atoms with E-state index in [0.717, 1.165) is 18.9 Å². The third-order valence-corrected chi connectivity index (χ3v) is 2.89. The van der Waals surface area contributed by atoms with Gasteiger partial charge in [-0.1, -0.05) is 29.8 Å². The Balaban J connectivity index is 1.99. The van der Waals surface area contributed by atoms with E-state index in [0.29, 0.717) is 5.11 Å². The zero-order valence-electron chi connectivity index (χ0n) is 11.2. The number of aryl methyl sites for hydroxylation is 1. The van der Waals surface area contributed by atoms with Gasteiger partial charge in [-0.2, -0.15) is 5.10 Å². The summed E-state index contributed by atoms with van der Waals surface area (Å²) in [6, 6.07) is 10.3. The fourth-order valence-electron chi connectivity index (χ4n) is 1.84. The normalized spacial score (nSPS) is 10.2. The number of hydrogen-bond donors (Lipinski definition) is 2. The zero-order chi connectivity index (χ0) is 13.7. The molecule has 0 amide bonds. The van der Waals surface area contributed by atoms with E-state index in [1.54, 1.807) is 0 Å². The minimum absolute atomic E-state index is 0.600. The molecule has 2 N–H and O–H groups in total. The van der Waals surface area contributed by atoms with Crippen LogP contribution in [0.15, 0.2) is 36.5 Å². The quantitative estimate of drug-likeness (QED) is 0.841. The third kappa shape index (κ3) is 4.06. The third-order valence-electron chi connectivity index (χ3n) is 2.65. The van der Waals surface area contributed by atoms with Crippen molar-refractivity contribution in [2.24, 2.45) is 0 Å². The summed E-state index contributed by atoms with van der Waals surface area (Å²) in [5, 5.41) is 11.1. The molecule has 0 aliphatic carbocycles. The monoisotopic (exact) mass is 274 g/mol. The summed E-state index contributed by atoms with van der Waals surface area (Å²) in [6.07, 6.45) is 1.94. The Labute approximate surface area is 118 Å². The summed E-state index contributed by atoms with van der Waals surface area (Å²) in [7, 11) is 0. The molecule has 0 atom stereocenters. The maximum absolute atomic E-state index is 5.12. The Hall–Kier alpha value is -1.88. The maximum Gasteiger partial charge on any atom is 0.171 e. The molecule has 0 fully saturated rings. The lowest BCUT2D eigenvalue weighted by molar-refractivity contribution is 0.689. The maximum atomic E-state index is 5.12. The van der Waals surface area contributed by atoms with Crippen LogP contribution in [-0.4, -0.2) is 21.4 Å². The molecule has 1 aromatic heterocycles. The van der Waals surface area contributed by atoms with Gasteiger partial charge in [0, 0.05) is 18.8 Å². The number of hydrogen-bond acceptors (Lipinski definition) is 2. The van der Waals surface area contributed by atoms with E-state index in [-0.39, 0.29) is 0 Å². The van der Waals surface area contributed by atoms with Crippen LogP contribution in [0.4, 0.5) is 5.82 Å². The average Bonchev–Trinajstić information content (AvgIpc) is 2.76. The Kier molecular flexibility index (Phi) is 4.52. The standard InChI is InChI=1S/C14H18N4S/c1-3-15-14(19)16-13-7-8-18(17-13)10-12-6-4-5-11(2)9-12/h4-9H,3,10H2,1-2H3,(H2,15,16,17,19). The smallest absolute Gasteiger partial charge is 0.171 e. The molecule has 2 aromatic rings. The van der Waals surface area contributed by atoms with Crippen molar-refractivity contribution in [3.05, 3.63) is 47.7 Å². The van der Waals surface area contributed by atoms with Crippen molar-refractivity contribution in [1.82, 2.24) is 15.1 Å². The summed E-state index contributed by atoms with van der Waals surface area (Å²) in [5.41, 5.74) is 2.50. The summed E-state index contributed by atoms with van der Waals surface area (Å²) < 4.78 is 1.89. The van der Waals surface area contributed by atoms with Gasteiger partial charge < -0.3 is 10.6 Å². The molecule has 5 heteroatoms. The molecule has 2 rings (SSSR count). The van der Waals surface area contributed by atoms with Gasteiger partial charge >= 0.3 is 0 Å². The fourth-order valence-corrected chi connectivity index (χ4v) is 2.08. The van der Waals surface area contributed by atoms with Crippen LogP contribution in [0.25, 0.3) is 0 Å². The number of rotatable bonds is 4. The largest absolute Gasteiger partial charge is 0.363 e. The Morgan fingerprint density at radius 2 is 2.21 bits per heavy atom. The van der Waals surface area contributed by atoms with Crippen LogP contribution in [0.3, 0.4) is 0 Å². The molecular formula is C14H18N4S. The van der Waals surface area contributed by atoms with Gasteiger partial charge in [0.1, 0.15) is 0 Å². The van der Waals surface area contributed by atoms with Gasteiger partial charge in [-0.15, -0.1) is 0 Å². The van der Waals surface area contributed by atoms with Crippen molar-refractivity contribution in [2.45, 2.75) is 20.4 Å². The van der Waals surface area contributed by atoms with Crippen molar-refractivity contribution < 1.29 is 0 Å². The van der Waals surface area contributed by atoms with Gasteiger partial charge in [-0.3, -0.25) is 4.68 Å². The molecule has 0 aliphatic rings. The van der Waals surface area contributed by atoms with Gasteiger partial charge in [-0.25, -0.2) is 0 Å². The second-order valence-corrected chi connectivity index (χ2v) is 4.78. The lowest BCUT2D eigenvalue weighted by Gasteiger charge is -2.06. The fraction of sp³-hybridized carbons (Fsp3) is 0.286. The van der Waals surface area contributed by atoms with Crippen LogP contribution in [0.1, 0.15) is 18.1 Å². The van der Waals surface area contributed by atoms with Crippen LogP contribution < -0.4 is 10.6 Å². The van der Waals surface area contributed by atoms with E-state index >= 15 is 0 Å². The van der Waals surface area contributed by atoms with Crippen molar-refractivity contribution in [3.8, 4) is 0 Å². The minimum Gasteiger partial charge on any atom is -0.363 e. The van der Waals surface area contributed by atoms with Crippen molar-refractivity contribution in [3.63, 3.8) is 0 Å². The molecule has 0 spiro atoms. The van der Waals surface area contributed by atoms with Gasteiger partial charge in [0.15, 0.2) is 10.9 Å². The number of benzene rings is 1. The van der Waals surface area contributed by atoms with E-state index in [1.807, 2.05) is 23.9 Å². The highest BCUT2D eigenvalue weighted by Crippen LogP contribution is 2.08. The van der Waals surface area contributed by atoms with Crippen LogP contribution in [0, 0.1) is 6.92 Å². The molecule has 19 heavy (non-hydrogen) atoms. The number of nitrogens with one attached hydrogen (secondary N) is 2. The molecule has 1 heterocycles. The number of nitrogens with zero attached hydrogens (tertiary/aromatic N) is 2. The Morgan fingerprint density at radius 1 is 1.37 bits per heavy atom. The predicted octanol–water partition coefficient (Wildman–Crippen LogP) is 2.55. The summed E-state index contributed by atoms with van der Waals surface area (Å²) in [6.45, 7) is 5.66. The predicted molar refractivity (Wildman–Crippen MR) is 82.4 cm³/mol. The first kappa shape index (κ1) is 13.5. The highest BCUT2D eigenvalue weighted by atomic mass is 32.1. The molecule has 0 saturated heterocycles. The number of thiocarbonyl (C=S) groups is 1. The SMILES string of the molecule is CCNC(=S)Nc1ccn(Cc2cccc(C)c2)n1. The second kappa shape index (κ2) is 6.33. The van der Waals surface area contributed by atoms with Crippen LogP contribution in [0.2, 0.25) is 0 Å². The van der Waals surface area contributed by atoms with Gasteiger partial charge in [0.05, 0.1) is 6.54 Å². The summed E-state index contributed by atoms with van der Waals surface area (Å²) >= 11 is 5.12. The van der Waals surface area contributed by atoms with E-state index in [9.17, 15) is 0 Å². The average molecular weight is 274 g/mol. The van der Waals surface area contributed by atoms with Gasteiger partial charge in [0.25, 0.3) is 0 Å². The lowest BCUT2D eigenvalue weighted by atomic mass is 10.1. The topological polar surface area (TPSA) is 41.9 Å². The Bertz CT molecular complexity index is 562. The molecule has 0 radical (unpaired) electrons. The van der Waals surface area contributed by atoms with Crippen molar-refractivity contribution in [1.29, 1.82) is 0 Å². The molecule has 0 aliphatic heterocycles. The van der Waals surface area contributed by atoms with Crippen LogP contribution in [-0.2, 0) is 6.54 Å². The Morgan fingerprint density at radius 3 is 2.95 bits per heavy atom. The van der Waals surface area contributed by atoms with Crippen molar-refractivity contribution in [2.75, 3.05) is 11.9 Å². The molecule has 4 nitrogen and oxygen atoms in total. The molecular weight excluding hydrogens is 256 g/mol. The van der Waals surface area contributed by atoms with Gasteiger partial charge in [-0.05, 0) is 31.6 Å². The molecule has 1 aromatic carbocycles. The minimum atomic E-state index is 0.600. The first-order valence-electron chi connectivity index (χ1n) is 6.31. The first-order valence-corrected chi connectivity index (χ1v) is 6.72. The summed E-state index contributed by atoms with van der Waals surface area (Å²) in [5.74, 6) is 0.763. The lowest BCUT2D eigenvalue weighted by Crippen LogP contribution is -2.28. The molecule has 0 bridgehead atoms. The van der Waals surface area contributed by atoms with Crippen molar-refractivity contribution >= 4 is 23.1 Å². The molecule has 0 unspecified atom stereocenters. The summed E-state index contributed by atoms with van der Waals surface area (Å²) in [4.78, 5) is 0. The first-order chi connectivity index (χ1) is 9.17. The van der Waals surface area contributed by atoms with Gasteiger partial charge in [0.2, 0.25) is 0 Å². The van der Waals surface area contributed by atoms with Crippen LogP contribution >= 0.6 is 12.2 Å². The van der Waals surface area contributed by atoms with E-state index < -0.39 is 0 Å².